The number of hydrazone groups is 1. The fourth-order valence-electron chi connectivity index (χ4n) is 2.98. The summed E-state index contributed by atoms with van der Waals surface area (Å²) in [7, 11) is 0. The lowest BCUT2D eigenvalue weighted by atomic mass is 9.89. The highest BCUT2D eigenvalue weighted by molar-refractivity contribution is 8.00. The highest BCUT2D eigenvalue weighted by Crippen LogP contribution is 2.26. The van der Waals surface area contributed by atoms with Crippen LogP contribution in [-0.4, -0.2) is 26.8 Å². The number of carbonyl (C=O) groups excluding carboxylic acids is 1. The summed E-state index contributed by atoms with van der Waals surface area (Å²) >= 11 is 1.46. The van der Waals surface area contributed by atoms with Gasteiger partial charge in [0.05, 0.1) is 16.3 Å². The third kappa shape index (κ3) is 3.98. The van der Waals surface area contributed by atoms with Gasteiger partial charge in [0.25, 0.3) is 5.91 Å². The van der Waals surface area contributed by atoms with Crippen LogP contribution in [0.5, 0.6) is 0 Å². The van der Waals surface area contributed by atoms with E-state index in [2.05, 4.69) is 27.4 Å². The SMILES string of the molecule is CCC(Sc1nc2ccccc2[nH]1)C(=O)NN=C1CCCCC1C. The number of nitrogens with zero attached hydrogens (tertiary/aromatic N) is 2. The van der Waals surface area contributed by atoms with Crippen LogP contribution in [0, 0.1) is 5.92 Å². The van der Waals surface area contributed by atoms with E-state index in [1.165, 1.54) is 31.0 Å². The topological polar surface area (TPSA) is 70.1 Å². The van der Waals surface area contributed by atoms with Crippen molar-refractivity contribution in [2.45, 2.75) is 56.4 Å². The standard InChI is InChI=1S/C18H24N4OS/c1-3-16(17(23)22-21-13-9-5-4-8-12(13)2)24-18-19-14-10-6-7-11-15(14)20-18/h6-7,10-12,16H,3-5,8-9H2,1-2H3,(H,19,20)(H,22,23). The Morgan fingerprint density at radius 3 is 3.04 bits per heavy atom. The van der Waals surface area contributed by atoms with Crippen LogP contribution in [0.25, 0.3) is 11.0 Å². The van der Waals surface area contributed by atoms with Crippen molar-refractivity contribution < 1.29 is 4.79 Å². The number of aromatic nitrogens is 2. The summed E-state index contributed by atoms with van der Waals surface area (Å²) in [6.45, 7) is 4.20. The monoisotopic (exact) mass is 344 g/mol. The molecular formula is C18H24N4OS. The molecule has 3 rings (SSSR count). The van der Waals surface area contributed by atoms with E-state index >= 15 is 0 Å². The lowest BCUT2D eigenvalue weighted by Crippen LogP contribution is -2.31. The second-order valence-electron chi connectivity index (χ2n) is 6.30. The fourth-order valence-corrected chi connectivity index (χ4v) is 3.89. The first kappa shape index (κ1) is 17.0. The predicted molar refractivity (Wildman–Crippen MR) is 99.2 cm³/mol. The van der Waals surface area contributed by atoms with Crippen LogP contribution < -0.4 is 5.43 Å². The molecular weight excluding hydrogens is 320 g/mol. The van der Waals surface area contributed by atoms with Crippen LogP contribution in [0.4, 0.5) is 0 Å². The number of fused-ring (bicyclic) bond motifs is 1. The molecule has 1 aliphatic carbocycles. The van der Waals surface area contributed by atoms with Crippen LogP contribution in [0.1, 0.15) is 46.0 Å². The Bertz CT molecular complexity index is 706. The van der Waals surface area contributed by atoms with Gasteiger partial charge in [-0.1, -0.05) is 44.2 Å². The molecule has 1 saturated carbocycles. The van der Waals surface area contributed by atoms with E-state index in [-0.39, 0.29) is 11.2 Å². The number of para-hydroxylation sites is 2. The molecule has 1 amide bonds. The number of H-pyrrole nitrogens is 1. The van der Waals surface area contributed by atoms with Crippen molar-refractivity contribution >= 4 is 34.4 Å². The number of thioether (sulfide) groups is 1. The molecule has 128 valence electrons. The summed E-state index contributed by atoms with van der Waals surface area (Å²) in [5.41, 5.74) is 5.81. The van der Waals surface area contributed by atoms with Crippen LogP contribution in [0.2, 0.25) is 0 Å². The largest absolute Gasteiger partial charge is 0.333 e. The summed E-state index contributed by atoms with van der Waals surface area (Å²) in [6, 6.07) is 7.89. The molecule has 24 heavy (non-hydrogen) atoms. The molecule has 2 N–H and O–H groups in total. The molecule has 1 aromatic heterocycles. The first-order valence-corrected chi connectivity index (χ1v) is 9.53. The Morgan fingerprint density at radius 2 is 2.29 bits per heavy atom. The Morgan fingerprint density at radius 1 is 1.46 bits per heavy atom. The highest BCUT2D eigenvalue weighted by atomic mass is 32.2. The van der Waals surface area contributed by atoms with Gasteiger partial charge < -0.3 is 4.98 Å². The van der Waals surface area contributed by atoms with Crippen LogP contribution in [0.3, 0.4) is 0 Å². The summed E-state index contributed by atoms with van der Waals surface area (Å²) in [5, 5.41) is 4.97. The lowest BCUT2D eigenvalue weighted by molar-refractivity contribution is -0.120. The van der Waals surface area contributed by atoms with Gasteiger partial charge in [-0.15, -0.1) is 0 Å². The smallest absolute Gasteiger partial charge is 0.253 e. The number of imidazole rings is 1. The second-order valence-corrected chi connectivity index (χ2v) is 7.49. The minimum absolute atomic E-state index is 0.0479. The van der Waals surface area contributed by atoms with Crippen molar-refractivity contribution in [3.05, 3.63) is 24.3 Å². The molecule has 6 heteroatoms. The number of amides is 1. The predicted octanol–water partition coefficient (Wildman–Crippen LogP) is 4.12. The van der Waals surface area contributed by atoms with Crippen molar-refractivity contribution in [2.75, 3.05) is 0 Å². The first-order valence-electron chi connectivity index (χ1n) is 8.65. The molecule has 2 aromatic rings. The molecule has 0 spiro atoms. The second kappa shape index (κ2) is 7.83. The molecule has 0 bridgehead atoms. The minimum atomic E-state index is -0.200. The van der Waals surface area contributed by atoms with E-state index in [1.54, 1.807) is 0 Å². The number of nitrogens with one attached hydrogen (secondary N) is 2. The number of hydrogen-bond acceptors (Lipinski definition) is 4. The molecule has 1 aliphatic rings. The number of carbonyl (C=O) groups is 1. The van der Waals surface area contributed by atoms with E-state index in [1.807, 2.05) is 31.2 Å². The van der Waals surface area contributed by atoms with Gasteiger partial charge >= 0.3 is 0 Å². The summed E-state index contributed by atoms with van der Waals surface area (Å²) in [6.07, 6.45) is 5.32. The van der Waals surface area contributed by atoms with Gasteiger partial charge in [-0.3, -0.25) is 4.79 Å². The number of benzene rings is 1. The van der Waals surface area contributed by atoms with Crippen molar-refractivity contribution in [1.82, 2.24) is 15.4 Å². The van der Waals surface area contributed by atoms with Gasteiger partial charge in [0.15, 0.2) is 5.16 Å². The third-order valence-electron chi connectivity index (χ3n) is 4.48. The summed E-state index contributed by atoms with van der Waals surface area (Å²) < 4.78 is 0. The Labute approximate surface area is 146 Å². The van der Waals surface area contributed by atoms with Gasteiger partial charge in [0.2, 0.25) is 0 Å². The zero-order valence-electron chi connectivity index (χ0n) is 14.2. The van der Waals surface area contributed by atoms with E-state index in [9.17, 15) is 4.79 Å². The fraction of sp³-hybridized carbons (Fsp3) is 0.500. The summed E-state index contributed by atoms with van der Waals surface area (Å²) in [4.78, 5) is 20.3. The van der Waals surface area contributed by atoms with Gasteiger partial charge in [0.1, 0.15) is 0 Å². The maximum atomic E-state index is 12.5. The quantitative estimate of drug-likeness (QED) is 0.633. The number of aromatic amines is 1. The third-order valence-corrected chi connectivity index (χ3v) is 5.73. The van der Waals surface area contributed by atoms with Crippen molar-refractivity contribution in [3.8, 4) is 0 Å². The van der Waals surface area contributed by atoms with Gasteiger partial charge in [-0.05, 0) is 43.7 Å². The lowest BCUT2D eigenvalue weighted by Gasteiger charge is -2.20. The normalized spacial score (nSPS) is 21.1. The Kier molecular flexibility index (Phi) is 5.56. The minimum Gasteiger partial charge on any atom is -0.333 e. The zero-order chi connectivity index (χ0) is 16.9. The molecule has 2 atom stereocenters. The van der Waals surface area contributed by atoms with Crippen LogP contribution >= 0.6 is 11.8 Å². The van der Waals surface area contributed by atoms with Crippen molar-refractivity contribution in [3.63, 3.8) is 0 Å². The number of hydrogen-bond donors (Lipinski definition) is 2. The molecule has 1 fully saturated rings. The zero-order valence-corrected chi connectivity index (χ0v) is 15.0. The maximum absolute atomic E-state index is 12.5. The van der Waals surface area contributed by atoms with Crippen LogP contribution in [0.15, 0.2) is 34.5 Å². The van der Waals surface area contributed by atoms with E-state index in [4.69, 9.17) is 0 Å². The molecule has 0 radical (unpaired) electrons. The van der Waals surface area contributed by atoms with Gasteiger partial charge in [-0.2, -0.15) is 5.10 Å². The molecule has 0 aliphatic heterocycles. The highest BCUT2D eigenvalue weighted by Gasteiger charge is 2.21. The van der Waals surface area contributed by atoms with Gasteiger partial charge in [-0.25, -0.2) is 10.4 Å². The molecule has 1 aromatic carbocycles. The van der Waals surface area contributed by atoms with E-state index in [0.717, 1.165) is 34.7 Å². The average molecular weight is 344 g/mol. The Hall–Kier alpha value is -1.82. The summed E-state index contributed by atoms with van der Waals surface area (Å²) in [5.74, 6) is 0.426. The van der Waals surface area contributed by atoms with Crippen LogP contribution in [-0.2, 0) is 4.79 Å². The molecule has 0 saturated heterocycles. The first-order chi connectivity index (χ1) is 11.7. The van der Waals surface area contributed by atoms with Gasteiger partial charge in [0, 0.05) is 5.71 Å². The average Bonchev–Trinajstić information content (AvgIpc) is 3.01. The van der Waals surface area contributed by atoms with E-state index < -0.39 is 0 Å². The van der Waals surface area contributed by atoms with Crippen molar-refractivity contribution in [1.29, 1.82) is 0 Å². The Balaban J connectivity index is 1.64. The van der Waals surface area contributed by atoms with E-state index in [0.29, 0.717) is 5.92 Å². The number of rotatable bonds is 5. The molecule has 5 nitrogen and oxygen atoms in total. The molecule has 2 unspecified atom stereocenters. The van der Waals surface area contributed by atoms with Crippen molar-refractivity contribution in [2.24, 2.45) is 11.0 Å². The molecule has 1 heterocycles. The maximum Gasteiger partial charge on any atom is 0.253 e.